The van der Waals surface area contributed by atoms with Gasteiger partial charge in [0.05, 0.1) is 5.56 Å². The quantitative estimate of drug-likeness (QED) is 0.773. The molecule has 0 saturated carbocycles. The van der Waals surface area contributed by atoms with Crippen molar-refractivity contribution in [2.45, 2.75) is 32.9 Å². The van der Waals surface area contributed by atoms with Crippen LogP contribution < -0.4 is 5.32 Å². The second kappa shape index (κ2) is 6.45. The Balaban J connectivity index is 2.74. The first-order chi connectivity index (χ1) is 8.38. The topological polar surface area (TPSA) is 12.0 Å². The van der Waals surface area contributed by atoms with Crippen molar-refractivity contribution >= 4 is 21.6 Å². The number of halogens is 4. The molecule has 0 atom stereocenters. The Morgan fingerprint density at radius 2 is 1.83 bits per heavy atom. The fraction of sp³-hybridized carbons (Fsp3) is 0.538. The molecule has 5 heteroatoms. The van der Waals surface area contributed by atoms with E-state index in [0.717, 1.165) is 31.5 Å². The van der Waals surface area contributed by atoms with Crippen LogP contribution in [0.5, 0.6) is 0 Å². The van der Waals surface area contributed by atoms with E-state index >= 15 is 0 Å². The Kier molecular flexibility index (Phi) is 5.50. The average Bonchev–Trinajstić information content (AvgIpc) is 2.30. The van der Waals surface area contributed by atoms with Gasteiger partial charge in [-0.2, -0.15) is 13.2 Å². The van der Waals surface area contributed by atoms with E-state index in [4.69, 9.17) is 0 Å². The van der Waals surface area contributed by atoms with E-state index in [1.807, 2.05) is 0 Å². The molecule has 1 aromatic rings. The van der Waals surface area contributed by atoms with Crippen LogP contribution in [0.1, 0.15) is 32.3 Å². The second-order valence-corrected chi connectivity index (χ2v) is 5.11. The fourth-order valence-electron chi connectivity index (χ4n) is 1.67. The molecule has 1 aromatic carbocycles. The maximum Gasteiger partial charge on any atom is 0.416 e. The van der Waals surface area contributed by atoms with Gasteiger partial charge in [0.25, 0.3) is 0 Å². The highest BCUT2D eigenvalue weighted by atomic mass is 79.9. The Morgan fingerprint density at radius 3 is 2.28 bits per heavy atom. The lowest BCUT2D eigenvalue weighted by Crippen LogP contribution is -2.13. The third kappa shape index (κ3) is 4.19. The first kappa shape index (κ1) is 15.3. The zero-order valence-electron chi connectivity index (χ0n) is 10.4. The number of hydrogen-bond donors (Lipinski definition) is 1. The molecule has 1 nitrogen and oxygen atoms in total. The Bertz CT molecular complexity index is 386. The van der Waals surface area contributed by atoms with Crippen molar-refractivity contribution in [3.05, 3.63) is 28.2 Å². The first-order valence-corrected chi connectivity index (χ1v) is 6.78. The molecule has 0 radical (unpaired) electrons. The molecule has 0 aromatic heterocycles. The van der Waals surface area contributed by atoms with Crippen molar-refractivity contribution in [3.63, 3.8) is 0 Å². The first-order valence-electron chi connectivity index (χ1n) is 5.99. The lowest BCUT2D eigenvalue weighted by atomic mass is 10.0. The minimum atomic E-state index is -4.30. The molecule has 1 rings (SSSR count). The third-order valence-electron chi connectivity index (χ3n) is 3.03. The predicted octanol–water partition coefficient (Wildman–Crippen LogP) is 5.32. The van der Waals surface area contributed by atoms with Gasteiger partial charge in [0.15, 0.2) is 0 Å². The van der Waals surface area contributed by atoms with E-state index in [1.54, 1.807) is 0 Å². The molecular weight excluding hydrogens is 307 g/mol. The van der Waals surface area contributed by atoms with Crippen LogP contribution in [-0.4, -0.2) is 6.54 Å². The summed E-state index contributed by atoms with van der Waals surface area (Å²) >= 11 is 3.17. The maximum atomic E-state index is 12.5. The molecule has 0 heterocycles. The number of alkyl halides is 3. The number of anilines is 1. The smallest absolute Gasteiger partial charge is 0.384 e. The van der Waals surface area contributed by atoms with Crippen LogP contribution in [0.15, 0.2) is 22.7 Å². The van der Waals surface area contributed by atoms with E-state index in [9.17, 15) is 13.2 Å². The van der Waals surface area contributed by atoms with Gasteiger partial charge in [0.2, 0.25) is 0 Å². The van der Waals surface area contributed by atoms with Crippen LogP contribution in [0.25, 0.3) is 0 Å². The number of nitrogens with one attached hydrogen (secondary N) is 1. The van der Waals surface area contributed by atoms with Crippen molar-refractivity contribution in [3.8, 4) is 0 Å². The minimum absolute atomic E-state index is 0.447. The molecule has 0 aliphatic rings. The molecule has 1 N–H and O–H groups in total. The van der Waals surface area contributed by atoms with Crippen LogP contribution in [0.4, 0.5) is 18.9 Å². The number of rotatable bonds is 5. The van der Waals surface area contributed by atoms with Crippen LogP contribution in [0.2, 0.25) is 0 Å². The van der Waals surface area contributed by atoms with E-state index in [1.165, 1.54) is 6.07 Å². The van der Waals surface area contributed by atoms with Crippen molar-refractivity contribution < 1.29 is 13.2 Å². The highest BCUT2D eigenvalue weighted by molar-refractivity contribution is 9.10. The second-order valence-electron chi connectivity index (χ2n) is 4.26. The van der Waals surface area contributed by atoms with Crippen LogP contribution >= 0.6 is 15.9 Å². The summed E-state index contributed by atoms with van der Waals surface area (Å²) in [7, 11) is 0. The molecule has 0 aliphatic heterocycles. The number of benzene rings is 1. The zero-order valence-corrected chi connectivity index (χ0v) is 12.0. The SMILES string of the molecule is CCC(CC)CNc1ccc(C(F)(F)F)cc1Br. The van der Waals surface area contributed by atoms with Crippen molar-refractivity contribution in [2.24, 2.45) is 5.92 Å². The van der Waals surface area contributed by atoms with Gasteiger partial charge in [-0.25, -0.2) is 0 Å². The Morgan fingerprint density at radius 1 is 1.22 bits per heavy atom. The van der Waals surface area contributed by atoms with Gasteiger partial charge in [-0.3, -0.25) is 0 Å². The molecule has 0 bridgehead atoms. The van der Waals surface area contributed by atoms with Crippen molar-refractivity contribution in [2.75, 3.05) is 11.9 Å². The normalized spacial score (nSPS) is 11.9. The minimum Gasteiger partial charge on any atom is -0.384 e. The predicted molar refractivity (Wildman–Crippen MR) is 71.7 cm³/mol. The van der Waals surface area contributed by atoms with Crippen molar-refractivity contribution in [1.82, 2.24) is 0 Å². The largest absolute Gasteiger partial charge is 0.416 e. The van der Waals surface area contributed by atoms with Crippen molar-refractivity contribution in [1.29, 1.82) is 0 Å². The summed E-state index contributed by atoms with van der Waals surface area (Å²) in [4.78, 5) is 0. The average molecular weight is 324 g/mol. The molecular formula is C13H17BrF3N. The summed E-state index contributed by atoms with van der Waals surface area (Å²) < 4.78 is 37.9. The summed E-state index contributed by atoms with van der Waals surface area (Å²) in [6.45, 7) is 4.99. The maximum absolute atomic E-state index is 12.5. The van der Waals surface area contributed by atoms with E-state index in [2.05, 4.69) is 35.1 Å². The molecule has 0 unspecified atom stereocenters. The third-order valence-corrected chi connectivity index (χ3v) is 3.69. The monoisotopic (exact) mass is 323 g/mol. The summed E-state index contributed by atoms with van der Waals surface area (Å²) in [6, 6.07) is 3.67. The van der Waals surface area contributed by atoms with Gasteiger partial charge in [-0.05, 0) is 40.0 Å². The summed E-state index contributed by atoms with van der Waals surface area (Å²) in [5, 5.41) is 3.18. The molecule has 18 heavy (non-hydrogen) atoms. The van der Waals surface area contributed by atoms with E-state index in [-0.39, 0.29) is 0 Å². The lowest BCUT2D eigenvalue weighted by Gasteiger charge is -2.16. The van der Waals surface area contributed by atoms with Gasteiger partial charge in [-0.1, -0.05) is 26.7 Å². The van der Waals surface area contributed by atoms with Gasteiger partial charge < -0.3 is 5.32 Å². The highest BCUT2D eigenvalue weighted by Crippen LogP contribution is 2.34. The van der Waals surface area contributed by atoms with Gasteiger partial charge in [-0.15, -0.1) is 0 Å². The molecule has 0 spiro atoms. The van der Waals surface area contributed by atoms with Gasteiger partial charge >= 0.3 is 6.18 Å². The molecule has 0 fully saturated rings. The Labute approximate surface area is 114 Å². The standard InChI is InChI=1S/C13H17BrF3N/c1-3-9(4-2)8-18-12-6-5-10(7-11(12)14)13(15,16)17/h5-7,9,18H,3-4,8H2,1-2H3. The molecule has 102 valence electrons. The molecule has 0 saturated heterocycles. The van der Waals surface area contributed by atoms with Crippen LogP contribution in [0.3, 0.4) is 0 Å². The van der Waals surface area contributed by atoms with Gasteiger partial charge in [0.1, 0.15) is 0 Å². The molecule has 0 amide bonds. The highest BCUT2D eigenvalue weighted by Gasteiger charge is 2.30. The number of hydrogen-bond acceptors (Lipinski definition) is 1. The summed E-state index contributed by atoms with van der Waals surface area (Å²) in [5.41, 5.74) is 0.0670. The van der Waals surface area contributed by atoms with Gasteiger partial charge in [0, 0.05) is 16.7 Å². The molecule has 0 aliphatic carbocycles. The summed E-state index contributed by atoms with van der Waals surface area (Å²) in [6.07, 6.45) is -2.18. The van der Waals surface area contributed by atoms with E-state index in [0.29, 0.717) is 16.1 Å². The summed E-state index contributed by atoms with van der Waals surface area (Å²) in [5.74, 6) is 0.541. The fourth-order valence-corrected chi connectivity index (χ4v) is 2.19. The Hall–Kier alpha value is -0.710. The van der Waals surface area contributed by atoms with Crippen LogP contribution in [0, 0.1) is 5.92 Å². The lowest BCUT2D eigenvalue weighted by molar-refractivity contribution is -0.137. The van der Waals surface area contributed by atoms with Crippen LogP contribution in [-0.2, 0) is 6.18 Å². The van der Waals surface area contributed by atoms with E-state index < -0.39 is 11.7 Å². The zero-order chi connectivity index (χ0) is 13.8.